The molecule has 7 heteroatoms. The molecular formula is C22H35N5O2. The molecule has 0 spiro atoms. The molecule has 2 aliphatic rings. The lowest BCUT2D eigenvalue weighted by molar-refractivity contribution is -0.140. The average molecular weight is 402 g/mol. The molecule has 1 aromatic rings. The van der Waals surface area contributed by atoms with Crippen LogP contribution in [0, 0.1) is 0 Å². The maximum Gasteiger partial charge on any atom is 0.237 e. The summed E-state index contributed by atoms with van der Waals surface area (Å²) < 4.78 is 0. The molecule has 0 aromatic carbocycles. The van der Waals surface area contributed by atoms with E-state index in [-0.39, 0.29) is 35.4 Å². The Morgan fingerprint density at radius 1 is 1.24 bits per heavy atom. The smallest absolute Gasteiger partial charge is 0.237 e. The summed E-state index contributed by atoms with van der Waals surface area (Å²) in [6.07, 6.45) is 3.74. The van der Waals surface area contributed by atoms with Gasteiger partial charge >= 0.3 is 0 Å². The van der Waals surface area contributed by atoms with Crippen LogP contribution in [0.5, 0.6) is 0 Å². The minimum absolute atomic E-state index is 0.0246. The summed E-state index contributed by atoms with van der Waals surface area (Å²) in [5.41, 5.74) is 0.845. The number of pyridine rings is 1. The van der Waals surface area contributed by atoms with E-state index in [1.807, 2.05) is 30.1 Å². The van der Waals surface area contributed by atoms with Crippen LogP contribution < -0.4 is 10.6 Å². The number of piperazine rings is 1. The molecule has 2 fully saturated rings. The van der Waals surface area contributed by atoms with Crippen molar-refractivity contribution >= 4 is 11.8 Å². The van der Waals surface area contributed by atoms with Crippen molar-refractivity contribution in [3.05, 3.63) is 30.1 Å². The van der Waals surface area contributed by atoms with Gasteiger partial charge < -0.3 is 15.5 Å². The lowest BCUT2D eigenvalue weighted by Crippen LogP contribution is -2.63. The number of nitrogens with one attached hydrogen (secondary N) is 2. The first-order valence-corrected chi connectivity index (χ1v) is 10.5. The first-order valence-electron chi connectivity index (χ1n) is 10.5. The van der Waals surface area contributed by atoms with Crippen molar-refractivity contribution in [1.82, 2.24) is 25.4 Å². The Labute approximate surface area is 174 Å². The first kappa shape index (κ1) is 21.7. The van der Waals surface area contributed by atoms with E-state index >= 15 is 0 Å². The molecule has 29 heavy (non-hydrogen) atoms. The van der Waals surface area contributed by atoms with Crippen molar-refractivity contribution < 1.29 is 9.59 Å². The Bertz CT molecular complexity index is 718. The van der Waals surface area contributed by atoms with Gasteiger partial charge in [-0.3, -0.25) is 19.5 Å². The molecule has 2 aliphatic heterocycles. The Morgan fingerprint density at radius 3 is 2.55 bits per heavy atom. The number of hydrogen-bond acceptors (Lipinski definition) is 5. The van der Waals surface area contributed by atoms with Crippen LogP contribution in [0.4, 0.5) is 0 Å². The molecule has 1 atom stereocenters. The van der Waals surface area contributed by atoms with Gasteiger partial charge in [0.2, 0.25) is 11.8 Å². The predicted molar refractivity (Wildman–Crippen MR) is 113 cm³/mol. The van der Waals surface area contributed by atoms with E-state index in [0.29, 0.717) is 13.1 Å². The van der Waals surface area contributed by atoms with Crippen molar-refractivity contribution in [2.45, 2.75) is 76.7 Å². The summed E-state index contributed by atoms with van der Waals surface area (Å²) >= 11 is 0. The van der Waals surface area contributed by atoms with Gasteiger partial charge in [0.1, 0.15) is 0 Å². The monoisotopic (exact) mass is 401 g/mol. The normalized spacial score (nSPS) is 24.7. The van der Waals surface area contributed by atoms with Crippen LogP contribution in [0.25, 0.3) is 0 Å². The van der Waals surface area contributed by atoms with E-state index in [2.05, 4.69) is 48.2 Å². The highest BCUT2D eigenvalue weighted by molar-refractivity contribution is 5.88. The zero-order chi connectivity index (χ0) is 21.2. The van der Waals surface area contributed by atoms with Crippen molar-refractivity contribution in [2.75, 3.05) is 20.1 Å². The van der Waals surface area contributed by atoms with Crippen molar-refractivity contribution in [2.24, 2.45) is 0 Å². The summed E-state index contributed by atoms with van der Waals surface area (Å²) in [5.74, 6) is -0.0449. The van der Waals surface area contributed by atoms with Gasteiger partial charge in [0.25, 0.3) is 0 Å². The lowest BCUT2D eigenvalue weighted by atomic mass is 9.79. The molecular weight excluding hydrogens is 366 g/mol. The van der Waals surface area contributed by atoms with E-state index in [1.165, 1.54) is 0 Å². The first-order chi connectivity index (χ1) is 13.6. The molecule has 2 amide bonds. The van der Waals surface area contributed by atoms with Gasteiger partial charge in [-0.15, -0.1) is 0 Å². The standard InChI is InChI=1S/C22H35N5O2/c1-21(2)13-17(14-22(3,4)25-21)26(5)19(28)12-18-20(29)24-10-11-27(18)15-16-8-6-7-9-23-16/h6-9,17-18,25H,10-15H2,1-5H3,(H,24,29)/t18-/m1/s1. The molecule has 0 aliphatic carbocycles. The molecule has 3 rings (SSSR count). The zero-order valence-corrected chi connectivity index (χ0v) is 18.4. The summed E-state index contributed by atoms with van der Waals surface area (Å²) in [6.45, 7) is 10.6. The largest absolute Gasteiger partial charge is 0.353 e. The number of amides is 2. The molecule has 3 heterocycles. The zero-order valence-electron chi connectivity index (χ0n) is 18.4. The molecule has 7 nitrogen and oxygen atoms in total. The second kappa shape index (κ2) is 8.40. The van der Waals surface area contributed by atoms with Crippen LogP contribution in [0.15, 0.2) is 24.4 Å². The summed E-state index contributed by atoms with van der Waals surface area (Å²) in [6, 6.07) is 5.48. The molecule has 0 radical (unpaired) electrons. The molecule has 2 N–H and O–H groups in total. The summed E-state index contributed by atoms with van der Waals surface area (Å²) in [4.78, 5) is 34.1. The highest BCUT2D eigenvalue weighted by Gasteiger charge is 2.41. The predicted octanol–water partition coefficient (Wildman–Crippen LogP) is 1.54. The summed E-state index contributed by atoms with van der Waals surface area (Å²) in [5, 5.41) is 6.58. The number of aromatic nitrogens is 1. The van der Waals surface area contributed by atoms with Crippen LogP contribution in [-0.2, 0) is 16.1 Å². The number of rotatable bonds is 5. The Balaban J connectivity index is 1.68. The maximum absolute atomic E-state index is 13.2. The molecule has 2 saturated heterocycles. The number of carbonyl (C=O) groups is 2. The van der Waals surface area contributed by atoms with Crippen LogP contribution in [0.2, 0.25) is 0 Å². The number of carbonyl (C=O) groups excluding carboxylic acids is 2. The Hall–Kier alpha value is -1.99. The van der Waals surface area contributed by atoms with Crippen molar-refractivity contribution in [3.63, 3.8) is 0 Å². The minimum atomic E-state index is -0.455. The number of hydrogen-bond donors (Lipinski definition) is 2. The molecule has 0 saturated carbocycles. The fraction of sp³-hybridized carbons (Fsp3) is 0.682. The van der Waals surface area contributed by atoms with Gasteiger partial charge in [-0.1, -0.05) is 6.07 Å². The minimum Gasteiger partial charge on any atom is -0.353 e. The van der Waals surface area contributed by atoms with Crippen LogP contribution in [-0.4, -0.2) is 69.9 Å². The van der Waals surface area contributed by atoms with Gasteiger partial charge in [0.15, 0.2) is 0 Å². The van der Waals surface area contributed by atoms with Crippen molar-refractivity contribution in [3.8, 4) is 0 Å². The fourth-order valence-electron chi connectivity index (χ4n) is 4.93. The third-order valence-corrected chi connectivity index (χ3v) is 6.01. The maximum atomic E-state index is 13.2. The van der Waals surface area contributed by atoms with Crippen LogP contribution >= 0.6 is 0 Å². The van der Waals surface area contributed by atoms with Crippen LogP contribution in [0.3, 0.4) is 0 Å². The number of piperidine rings is 1. The Kier molecular flexibility index (Phi) is 6.29. The second-order valence-electron chi connectivity index (χ2n) is 9.76. The molecule has 0 bridgehead atoms. The van der Waals surface area contributed by atoms with Gasteiger partial charge in [0.05, 0.1) is 18.2 Å². The topological polar surface area (TPSA) is 77.6 Å². The Morgan fingerprint density at radius 2 is 1.93 bits per heavy atom. The highest BCUT2D eigenvalue weighted by atomic mass is 16.2. The van der Waals surface area contributed by atoms with E-state index in [1.54, 1.807) is 6.20 Å². The van der Waals surface area contributed by atoms with E-state index in [9.17, 15) is 9.59 Å². The fourth-order valence-corrected chi connectivity index (χ4v) is 4.93. The molecule has 0 unspecified atom stereocenters. The number of nitrogens with zero attached hydrogens (tertiary/aromatic N) is 3. The van der Waals surface area contributed by atoms with E-state index < -0.39 is 6.04 Å². The van der Waals surface area contributed by atoms with Gasteiger partial charge in [-0.05, 0) is 52.7 Å². The average Bonchev–Trinajstić information content (AvgIpc) is 2.62. The van der Waals surface area contributed by atoms with Gasteiger partial charge in [-0.2, -0.15) is 0 Å². The third kappa shape index (κ3) is 5.54. The SMILES string of the molecule is CN(C(=O)C[C@@H]1C(=O)NCCN1Cc1ccccn1)C1CC(C)(C)NC(C)(C)C1. The quantitative estimate of drug-likeness (QED) is 0.783. The van der Waals surface area contributed by atoms with E-state index in [0.717, 1.165) is 25.1 Å². The molecule has 1 aromatic heterocycles. The molecule has 160 valence electrons. The lowest BCUT2D eigenvalue weighted by Gasteiger charge is -2.49. The third-order valence-electron chi connectivity index (χ3n) is 6.01. The van der Waals surface area contributed by atoms with Crippen LogP contribution in [0.1, 0.15) is 52.7 Å². The summed E-state index contributed by atoms with van der Waals surface area (Å²) in [7, 11) is 1.88. The van der Waals surface area contributed by atoms with Gasteiger partial charge in [0, 0.05) is 50.0 Å². The highest BCUT2D eigenvalue weighted by Crippen LogP contribution is 2.31. The van der Waals surface area contributed by atoms with Crippen molar-refractivity contribution in [1.29, 1.82) is 0 Å². The second-order valence-corrected chi connectivity index (χ2v) is 9.76. The van der Waals surface area contributed by atoms with E-state index in [4.69, 9.17) is 0 Å². The van der Waals surface area contributed by atoms with Gasteiger partial charge in [-0.25, -0.2) is 0 Å².